The van der Waals surface area contributed by atoms with Gasteiger partial charge in [0.25, 0.3) is 0 Å². The molecule has 0 aliphatic rings. The minimum absolute atomic E-state index is 0.195. The third-order valence-electron chi connectivity index (χ3n) is 1.32. The summed E-state index contributed by atoms with van der Waals surface area (Å²) in [6, 6.07) is 7.71. The summed E-state index contributed by atoms with van der Waals surface area (Å²) >= 11 is 3.38. The van der Waals surface area contributed by atoms with Gasteiger partial charge in [0.1, 0.15) is 0 Å². The van der Waals surface area contributed by atoms with Crippen molar-refractivity contribution in [1.82, 2.24) is 0 Å². The van der Waals surface area contributed by atoms with Crippen LogP contribution in [0.5, 0.6) is 0 Å². The van der Waals surface area contributed by atoms with Crippen molar-refractivity contribution < 1.29 is 4.84 Å². The van der Waals surface area contributed by atoms with E-state index in [0.29, 0.717) is 0 Å². The highest BCUT2D eigenvalue weighted by atomic mass is 79.9. The first kappa shape index (κ1) is 9.82. The maximum Gasteiger partial charge on any atom is 0.177 e. The lowest BCUT2D eigenvalue weighted by Crippen LogP contribution is -1.86. The van der Waals surface area contributed by atoms with Gasteiger partial charge in [0.15, 0.2) is 6.61 Å². The molecule has 1 aromatic carbocycles. The molecule has 3 heteroatoms. The van der Waals surface area contributed by atoms with Crippen molar-refractivity contribution in [2.45, 2.75) is 0 Å². The molecule has 0 aliphatic heterocycles. The van der Waals surface area contributed by atoms with Gasteiger partial charge in [-0.2, -0.15) is 0 Å². The summed E-state index contributed by atoms with van der Waals surface area (Å²) in [5.74, 6) is 2.32. The number of hydrogen-bond donors (Lipinski definition) is 0. The van der Waals surface area contributed by atoms with Crippen LogP contribution in [0.1, 0.15) is 5.56 Å². The highest BCUT2D eigenvalue weighted by Crippen LogP contribution is 2.13. The summed E-state index contributed by atoms with van der Waals surface area (Å²) in [4.78, 5) is 4.75. The standard InChI is InChI=1S/C10H8BrNO/c1-2-7-13-12-8-9-5-3-4-6-10(9)11/h1,3-6,8H,7H2. The Hall–Kier alpha value is -1.27. The van der Waals surface area contributed by atoms with Crippen LogP contribution in [0.25, 0.3) is 0 Å². The molecule has 66 valence electrons. The van der Waals surface area contributed by atoms with Crippen molar-refractivity contribution in [1.29, 1.82) is 0 Å². The van der Waals surface area contributed by atoms with Crippen LogP contribution in [0.2, 0.25) is 0 Å². The highest BCUT2D eigenvalue weighted by molar-refractivity contribution is 9.10. The van der Waals surface area contributed by atoms with E-state index in [1.165, 1.54) is 0 Å². The molecule has 0 bridgehead atoms. The van der Waals surface area contributed by atoms with Gasteiger partial charge in [-0.1, -0.05) is 45.2 Å². The van der Waals surface area contributed by atoms with Crippen LogP contribution in [-0.2, 0) is 4.84 Å². The zero-order valence-corrected chi connectivity index (χ0v) is 8.49. The molecule has 2 nitrogen and oxygen atoms in total. The molecule has 13 heavy (non-hydrogen) atoms. The molecule has 0 heterocycles. The summed E-state index contributed by atoms with van der Waals surface area (Å²) in [5, 5.41) is 3.69. The molecule has 0 radical (unpaired) electrons. The van der Waals surface area contributed by atoms with Gasteiger partial charge in [-0.05, 0) is 6.07 Å². The van der Waals surface area contributed by atoms with Crippen LogP contribution < -0.4 is 0 Å². The van der Waals surface area contributed by atoms with E-state index in [9.17, 15) is 0 Å². The van der Waals surface area contributed by atoms with E-state index in [0.717, 1.165) is 10.0 Å². The summed E-state index contributed by atoms with van der Waals surface area (Å²) in [7, 11) is 0. The number of halogens is 1. The molecule has 0 unspecified atom stereocenters. The molecule has 0 N–H and O–H groups in total. The molecule has 0 aliphatic carbocycles. The van der Waals surface area contributed by atoms with Crippen molar-refractivity contribution in [3.8, 4) is 12.3 Å². The van der Waals surface area contributed by atoms with E-state index in [1.807, 2.05) is 24.3 Å². The Kier molecular flexibility index (Phi) is 4.07. The molecule has 0 fully saturated rings. The Morgan fingerprint density at radius 3 is 3.00 bits per heavy atom. The van der Waals surface area contributed by atoms with E-state index < -0.39 is 0 Å². The van der Waals surface area contributed by atoms with Crippen molar-refractivity contribution >= 4 is 22.1 Å². The normalized spacial score (nSPS) is 9.85. The molecule has 0 saturated heterocycles. The van der Waals surface area contributed by atoms with Gasteiger partial charge in [0, 0.05) is 10.0 Å². The number of rotatable bonds is 3. The summed E-state index contributed by atoms with van der Waals surface area (Å²) in [6.45, 7) is 0.195. The van der Waals surface area contributed by atoms with Crippen molar-refractivity contribution in [2.24, 2.45) is 5.16 Å². The second-order valence-corrected chi connectivity index (χ2v) is 3.09. The highest BCUT2D eigenvalue weighted by Gasteiger charge is 1.92. The van der Waals surface area contributed by atoms with E-state index in [1.54, 1.807) is 6.21 Å². The lowest BCUT2D eigenvalue weighted by Gasteiger charge is -1.95. The number of hydrogen-bond acceptors (Lipinski definition) is 2. The fourth-order valence-corrected chi connectivity index (χ4v) is 1.14. The van der Waals surface area contributed by atoms with Crippen LogP contribution in [0.15, 0.2) is 33.9 Å². The Morgan fingerprint density at radius 2 is 2.31 bits per heavy atom. The Bertz CT molecular complexity index is 341. The zero-order valence-electron chi connectivity index (χ0n) is 6.90. The lowest BCUT2D eigenvalue weighted by atomic mass is 10.2. The predicted molar refractivity (Wildman–Crippen MR) is 56.5 cm³/mol. The van der Waals surface area contributed by atoms with Gasteiger partial charge in [-0.15, -0.1) is 6.42 Å². The van der Waals surface area contributed by atoms with E-state index >= 15 is 0 Å². The van der Waals surface area contributed by atoms with Gasteiger partial charge in [-0.25, -0.2) is 0 Å². The smallest absolute Gasteiger partial charge is 0.177 e. The molecular weight excluding hydrogens is 230 g/mol. The molecule has 0 atom stereocenters. The van der Waals surface area contributed by atoms with Crippen molar-refractivity contribution in [3.63, 3.8) is 0 Å². The van der Waals surface area contributed by atoms with Gasteiger partial charge >= 0.3 is 0 Å². The largest absolute Gasteiger partial charge is 0.383 e. The number of oxime groups is 1. The molecule has 0 saturated carbocycles. The van der Waals surface area contributed by atoms with Gasteiger partial charge in [0.2, 0.25) is 0 Å². The molecular formula is C10H8BrNO. The fourth-order valence-electron chi connectivity index (χ4n) is 0.748. The van der Waals surface area contributed by atoms with Crippen LogP contribution in [0, 0.1) is 12.3 Å². The van der Waals surface area contributed by atoms with Gasteiger partial charge in [-0.3, -0.25) is 0 Å². The average molecular weight is 238 g/mol. The summed E-state index contributed by atoms with van der Waals surface area (Å²) < 4.78 is 0.975. The average Bonchev–Trinajstić information content (AvgIpc) is 2.15. The molecule has 0 aromatic heterocycles. The topological polar surface area (TPSA) is 21.6 Å². The third-order valence-corrected chi connectivity index (χ3v) is 2.04. The Labute approximate surface area is 85.7 Å². The van der Waals surface area contributed by atoms with E-state index in [-0.39, 0.29) is 6.61 Å². The Morgan fingerprint density at radius 1 is 1.54 bits per heavy atom. The first-order valence-electron chi connectivity index (χ1n) is 3.68. The predicted octanol–water partition coefficient (Wildman–Crippen LogP) is 2.43. The first-order valence-corrected chi connectivity index (χ1v) is 4.47. The minimum Gasteiger partial charge on any atom is -0.383 e. The fraction of sp³-hybridized carbons (Fsp3) is 0.100. The maximum absolute atomic E-state index is 4.98. The second kappa shape index (κ2) is 5.39. The summed E-state index contributed by atoms with van der Waals surface area (Å²) in [6.07, 6.45) is 6.59. The van der Waals surface area contributed by atoms with Crippen LogP contribution >= 0.6 is 15.9 Å². The second-order valence-electron chi connectivity index (χ2n) is 2.23. The molecule has 1 rings (SSSR count). The number of benzene rings is 1. The third kappa shape index (κ3) is 3.30. The first-order chi connectivity index (χ1) is 6.34. The van der Waals surface area contributed by atoms with Gasteiger partial charge in [0.05, 0.1) is 6.21 Å². The molecule has 1 aromatic rings. The zero-order chi connectivity index (χ0) is 9.52. The van der Waals surface area contributed by atoms with Gasteiger partial charge < -0.3 is 4.84 Å². The SMILES string of the molecule is C#CCON=Cc1ccccc1Br. The van der Waals surface area contributed by atoms with Crippen molar-refractivity contribution in [3.05, 3.63) is 34.3 Å². The Balaban J connectivity index is 2.59. The lowest BCUT2D eigenvalue weighted by molar-refractivity contribution is 0.181. The quantitative estimate of drug-likeness (QED) is 0.343. The number of terminal acetylenes is 1. The van der Waals surface area contributed by atoms with Crippen LogP contribution in [0.3, 0.4) is 0 Å². The van der Waals surface area contributed by atoms with Crippen LogP contribution in [-0.4, -0.2) is 12.8 Å². The molecule has 0 amide bonds. The van der Waals surface area contributed by atoms with E-state index in [2.05, 4.69) is 27.0 Å². The maximum atomic E-state index is 4.98. The van der Waals surface area contributed by atoms with E-state index in [4.69, 9.17) is 11.3 Å². The monoisotopic (exact) mass is 237 g/mol. The number of nitrogens with zero attached hydrogens (tertiary/aromatic N) is 1. The summed E-state index contributed by atoms with van der Waals surface area (Å²) in [5.41, 5.74) is 0.958. The molecule has 0 spiro atoms. The van der Waals surface area contributed by atoms with Crippen LogP contribution in [0.4, 0.5) is 0 Å². The minimum atomic E-state index is 0.195. The van der Waals surface area contributed by atoms with Crippen molar-refractivity contribution in [2.75, 3.05) is 6.61 Å².